The summed E-state index contributed by atoms with van der Waals surface area (Å²) in [4.78, 5) is 24.6. The average molecular weight is 463 g/mol. The lowest BCUT2D eigenvalue weighted by molar-refractivity contribution is -0.123. The summed E-state index contributed by atoms with van der Waals surface area (Å²) in [5.41, 5.74) is 1.41. The van der Waals surface area contributed by atoms with Crippen molar-refractivity contribution in [3.05, 3.63) is 46.7 Å². The van der Waals surface area contributed by atoms with Crippen LogP contribution in [0.3, 0.4) is 0 Å². The molecule has 10 heteroatoms. The van der Waals surface area contributed by atoms with Gasteiger partial charge in [0.1, 0.15) is 5.52 Å². The lowest BCUT2D eigenvalue weighted by Gasteiger charge is -2.34. The Morgan fingerprint density at radius 2 is 2.30 bits per heavy atom. The summed E-state index contributed by atoms with van der Waals surface area (Å²) in [5, 5.41) is 18.6. The van der Waals surface area contributed by atoms with Crippen LogP contribution in [0.2, 0.25) is 0 Å². The van der Waals surface area contributed by atoms with Gasteiger partial charge in [-0.2, -0.15) is 10.1 Å². The van der Waals surface area contributed by atoms with Gasteiger partial charge in [0.15, 0.2) is 17.4 Å². The second-order valence-electron chi connectivity index (χ2n) is 9.08. The number of aromatic nitrogens is 6. The van der Waals surface area contributed by atoms with Gasteiger partial charge in [-0.3, -0.25) is 9.89 Å². The molecule has 4 aromatic rings. The van der Waals surface area contributed by atoms with Gasteiger partial charge >= 0.3 is 0 Å². The number of carbonyl (C=O) groups is 1. The first-order valence-corrected chi connectivity index (χ1v) is 12.4. The van der Waals surface area contributed by atoms with E-state index in [1.165, 1.54) is 12.8 Å². The van der Waals surface area contributed by atoms with Gasteiger partial charge in [-0.25, -0.2) is 9.50 Å². The van der Waals surface area contributed by atoms with Crippen LogP contribution < -0.4 is 10.2 Å². The Bertz CT molecular complexity index is 1290. The van der Waals surface area contributed by atoms with Crippen molar-refractivity contribution in [1.82, 2.24) is 29.8 Å². The molecule has 6 rings (SSSR count). The number of fused-ring (bicyclic) bond motifs is 1. The van der Waals surface area contributed by atoms with E-state index in [0.717, 1.165) is 41.4 Å². The number of rotatable bonds is 8. The molecule has 1 saturated heterocycles. The number of nitrogens with zero attached hydrogens (tertiary/aromatic N) is 6. The topological polar surface area (TPSA) is 104 Å². The number of aryl methyl sites for hydroxylation is 1. The minimum absolute atomic E-state index is 0.210. The molecule has 4 aromatic heterocycles. The van der Waals surface area contributed by atoms with E-state index >= 15 is 0 Å². The number of thiazole rings is 1. The molecule has 9 nitrogen and oxygen atoms in total. The van der Waals surface area contributed by atoms with Gasteiger partial charge in [0.05, 0.1) is 10.5 Å². The lowest BCUT2D eigenvalue weighted by Crippen LogP contribution is -2.49. The van der Waals surface area contributed by atoms with E-state index in [1.54, 1.807) is 17.5 Å². The summed E-state index contributed by atoms with van der Waals surface area (Å²) < 4.78 is 1.82. The highest BCUT2D eigenvalue weighted by atomic mass is 32.1. The molecule has 1 atom stereocenters. The van der Waals surface area contributed by atoms with E-state index in [0.29, 0.717) is 30.5 Å². The Morgan fingerprint density at radius 3 is 3.12 bits per heavy atom. The first-order chi connectivity index (χ1) is 16.1. The number of carbonyl (C=O) groups excluding carboxylic acids is 1. The van der Waals surface area contributed by atoms with Gasteiger partial charge in [-0.15, -0.1) is 16.4 Å². The van der Waals surface area contributed by atoms with Crippen molar-refractivity contribution in [2.75, 3.05) is 16.8 Å². The average Bonchev–Trinajstić information content (AvgIpc) is 3.26. The summed E-state index contributed by atoms with van der Waals surface area (Å²) in [6.07, 6.45) is 8.99. The summed E-state index contributed by atoms with van der Waals surface area (Å²) in [6, 6.07) is 5.98. The van der Waals surface area contributed by atoms with Crippen LogP contribution in [-0.2, 0) is 11.2 Å². The molecule has 1 saturated carbocycles. The van der Waals surface area contributed by atoms with Gasteiger partial charge < -0.3 is 10.2 Å². The van der Waals surface area contributed by atoms with Crippen LogP contribution in [0.1, 0.15) is 55.6 Å². The molecule has 0 radical (unpaired) electrons. The molecule has 2 N–H and O–H groups in total. The maximum atomic E-state index is 13.4. The number of aromatic amines is 1. The monoisotopic (exact) mass is 462 g/mol. The van der Waals surface area contributed by atoms with Crippen molar-refractivity contribution < 1.29 is 4.79 Å². The minimum atomic E-state index is -0.624. The van der Waals surface area contributed by atoms with Crippen LogP contribution in [0.4, 0.5) is 17.6 Å². The van der Waals surface area contributed by atoms with Gasteiger partial charge in [0, 0.05) is 54.8 Å². The van der Waals surface area contributed by atoms with Crippen molar-refractivity contribution in [2.45, 2.75) is 56.9 Å². The fourth-order valence-electron chi connectivity index (χ4n) is 4.69. The maximum Gasteiger partial charge on any atom is 0.246 e. The summed E-state index contributed by atoms with van der Waals surface area (Å²) in [7, 11) is 0. The van der Waals surface area contributed by atoms with Gasteiger partial charge in [0.2, 0.25) is 5.95 Å². The highest BCUT2D eigenvalue weighted by molar-refractivity contribution is 7.09. The van der Waals surface area contributed by atoms with Crippen LogP contribution in [0.5, 0.6) is 0 Å². The zero-order chi connectivity index (χ0) is 22.4. The molecule has 33 heavy (non-hydrogen) atoms. The third-order valence-electron chi connectivity index (χ3n) is 6.77. The van der Waals surface area contributed by atoms with E-state index in [-0.39, 0.29) is 5.78 Å². The zero-order valence-corrected chi connectivity index (χ0v) is 19.3. The summed E-state index contributed by atoms with van der Waals surface area (Å²) in [5.74, 6) is 2.80. The highest BCUT2D eigenvalue weighted by Gasteiger charge is 2.44. The van der Waals surface area contributed by atoms with E-state index in [9.17, 15) is 4.79 Å². The van der Waals surface area contributed by atoms with Crippen molar-refractivity contribution in [2.24, 2.45) is 0 Å². The second kappa shape index (κ2) is 7.95. The van der Waals surface area contributed by atoms with Crippen molar-refractivity contribution >= 4 is 40.2 Å². The van der Waals surface area contributed by atoms with Crippen LogP contribution in [0, 0.1) is 0 Å². The fourth-order valence-corrected chi connectivity index (χ4v) is 5.32. The number of nitrogens with one attached hydrogen (secondary N) is 2. The number of hydrogen-bond acceptors (Lipinski definition) is 8. The van der Waals surface area contributed by atoms with Crippen LogP contribution in [0.25, 0.3) is 5.52 Å². The molecular weight excluding hydrogens is 436 g/mol. The van der Waals surface area contributed by atoms with Gasteiger partial charge in [0.25, 0.3) is 0 Å². The Kier molecular flexibility index (Phi) is 4.90. The van der Waals surface area contributed by atoms with E-state index in [1.807, 2.05) is 35.1 Å². The van der Waals surface area contributed by atoms with E-state index in [2.05, 4.69) is 31.5 Å². The Morgan fingerprint density at radius 1 is 1.39 bits per heavy atom. The first kappa shape index (κ1) is 20.3. The SMILES string of the molecule is C[C@@]1(C(=O)CCc2nccs2)CCCN1c1nc(Nc2cc(C3CC3)[nH]n2)c2cccn2n1. The standard InChI is InChI=1S/C23H26N8OS/c1-23(18(32)7-8-20-24-10-13-33-20)9-3-11-30(23)22-26-21(17-4-2-12-31(17)29-22)25-19-14-16(27-28-19)15-5-6-15/h2,4,10,12-15H,3,5-9,11H2,1H3,(H2,25,26,27,28,29)/t23-/m0/s1. The number of hydrogen-bond donors (Lipinski definition) is 2. The predicted molar refractivity (Wildman–Crippen MR) is 127 cm³/mol. The van der Waals surface area contributed by atoms with Crippen molar-refractivity contribution in [3.8, 4) is 0 Å². The molecule has 0 spiro atoms. The van der Waals surface area contributed by atoms with Gasteiger partial charge in [-0.1, -0.05) is 0 Å². The van der Waals surface area contributed by atoms with Crippen molar-refractivity contribution in [1.29, 1.82) is 0 Å². The summed E-state index contributed by atoms with van der Waals surface area (Å²) in [6.45, 7) is 2.77. The first-order valence-electron chi connectivity index (χ1n) is 11.5. The third-order valence-corrected chi connectivity index (χ3v) is 7.61. The molecular formula is C23H26N8OS. The smallest absolute Gasteiger partial charge is 0.246 e. The minimum Gasteiger partial charge on any atom is -0.327 e. The van der Waals surface area contributed by atoms with Crippen LogP contribution in [-0.4, -0.2) is 47.6 Å². The number of anilines is 3. The molecule has 1 aliphatic carbocycles. The second-order valence-corrected chi connectivity index (χ2v) is 10.1. The highest BCUT2D eigenvalue weighted by Crippen LogP contribution is 2.40. The van der Waals surface area contributed by atoms with Crippen LogP contribution >= 0.6 is 11.3 Å². The van der Waals surface area contributed by atoms with Gasteiger partial charge in [-0.05, 0) is 44.7 Å². The quantitative estimate of drug-likeness (QED) is 0.406. The number of H-pyrrole nitrogens is 1. The Hall–Kier alpha value is -3.27. The Labute approximate surface area is 195 Å². The molecule has 0 amide bonds. The molecule has 170 valence electrons. The zero-order valence-electron chi connectivity index (χ0n) is 18.5. The fraction of sp³-hybridized carbons (Fsp3) is 0.435. The lowest BCUT2D eigenvalue weighted by atomic mass is 9.90. The Balaban J connectivity index is 1.29. The van der Waals surface area contributed by atoms with E-state index < -0.39 is 5.54 Å². The predicted octanol–water partition coefficient (Wildman–Crippen LogP) is 4.09. The third kappa shape index (κ3) is 3.78. The largest absolute Gasteiger partial charge is 0.327 e. The molecule has 0 bridgehead atoms. The molecule has 0 unspecified atom stereocenters. The normalized spacial score (nSPS) is 20.6. The molecule has 1 aliphatic heterocycles. The number of Topliss-reactive ketones (excluding diaryl/α,β-unsaturated/α-hetero) is 1. The maximum absolute atomic E-state index is 13.4. The van der Waals surface area contributed by atoms with Crippen molar-refractivity contribution in [3.63, 3.8) is 0 Å². The molecule has 5 heterocycles. The van der Waals surface area contributed by atoms with E-state index in [4.69, 9.17) is 10.1 Å². The summed E-state index contributed by atoms with van der Waals surface area (Å²) >= 11 is 1.59. The molecule has 0 aromatic carbocycles. The van der Waals surface area contributed by atoms with Crippen LogP contribution in [0.15, 0.2) is 36.0 Å². The molecule has 2 aliphatic rings. The number of ketones is 1. The molecule has 2 fully saturated rings.